The average Bonchev–Trinajstić information content (AvgIpc) is 2.26. The summed E-state index contributed by atoms with van der Waals surface area (Å²) in [5.41, 5.74) is 1.71. The predicted octanol–water partition coefficient (Wildman–Crippen LogP) is 3.81. The molecule has 1 aromatic rings. The van der Waals surface area contributed by atoms with Crippen molar-refractivity contribution in [1.29, 1.82) is 0 Å². The summed E-state index contributed by atoms with van der Waals surface area (Å²) in [6.07, 6.45) is 0.927. The van der Waals surface area contributed by atoms with Crippen LogP contribution in [0.5, 0.6) is 0 Å². The lowest BCUT2D eigenvalue weighted by Gasteiger charge is -2.25. The van der Waals surface area contributed by atoms with Gasteiger partial charge in [-0.05, 0) is 35.3 Å². The van der Waals surface area contributed by atoms with Gasteiger partial charge in [0.2, 0.25) is 0 Å². The summed E-state index contributed by atoms with van der Waals surface area (Å²) in [7, 11) is 0. The molecule has 1 unspecified atom stereocenters. The van der Waals surface area contributed by atoms with E-state index in [1.807, 2.05) is 38.1 Å². The van der Waals surface area contributed by atoms with Crippen molar-refractivity contribution in [1.82, 2.24) is 0 Å². The van der Waals surface area contributed by atoms with E-state index in [4.69, 9.17) is 5.11 Å². The molecular weight excluding hydrogens is 252 g/mol. The first-order chi connectivity index (χ1) is 9.19. The Labute approximate surface area is 121 Å². The Morgan fingerprint density at radius 2 is 1.75 bits per heavy atom. The van der Waals surface area contributed by atoms with Crippen LogP contribution in [0.4, 0.5) is 0 Å². The molecule has 0 saturated heterocycles. The van der Waals surface area contributed by atoms with Crippen LogP contribution < -0.4 is 0 Å². The molecule has 0 bridgehead atoms. The highest BCUT2D eigenvalue weighted by Gasteiger charge is 2.25. The summed E-state index contributed by atoms with van der Waals surface area (Å²) in [5.74, 6) is -0.213. The number of carboxylic acids is 1. The van der Waals surface area contributed by atoms with Crippen molar-refractivity contribution in [2.45, 2.75) is 53.1 Å². The van der Waals surface area contributed by atoms with Crippen molar-refractivity contribution in [2.75, 3.05) is 0 Å². The molecule has 0 fully saturated rings. The van der Waals surface area contributed by atoms with Crippen LogP contribution in [0.2, 0.25) is 0 Å². The topological polar surface area (TPSA) is 57.5 Å². The molecule has 3 heteroatoms. The van der Waals surface area contributed by atoms with Gasteiger partial charge in [0.25, 0.3) is 0 Å². The zero-order valence-electron chi connectivity index (χ0n) is 12.9. The van der Waals surface area contributed by atoms with Crippen LogP contribution in [0.15, 0.2) is 24.3 Å². The summed E-state index contributed by atoms with van der Waals surface area (Å²) in [5, 5.41) is 19.1. The second-order valence-electron chi connectivity index (χ2n) is 6.79. The first-order valence-corrected chi connectivity index (χ1v) is 7.18. The van der Waals surface area contributed by atoms with E-state index in [0.717, 1.165) is 12.0 Å². The number of hydrogen-bond acceptors (Lipinski definition) is 2. The summed E-state index contributed by atoms with van der Waals surface area (Å²) in [6.45, 7) is 8.10. The van der Waals surface area contributed by atoms with Gasteiger partial charge in [-0.1, -0.05) is 52.0 Å². The zero-order valence-corrected chi connectivity index (χ0v) is 12.9. The van der Waals surface area contributed by atoms with Gasteiger partial charge in [0.05, 0.1) is 12.5 Å². The van der Waals surface area contributed by atoms with Crippen molar-refractivity contribution < 1.29 is 15.0 Å². The Balaban J connectivity index is 2.67. The number of hydrogen-bond donors (Lipinski definition) is 2. The lowest BCUT2D eigenvalue weighted by molar-refractivity contribution is -0.139. The maximum atomic E-state index is 10.8. The molecule has 0 aliphatic carbocycles. The van der Waals surface area contributed by atoms with Crippen LogP contribution in [-0.4, -0.2) is 16.2 Å². The highest BCUT2D eigenvalue weighted by atomic mass is 16.4. The van der Waals surface area contributed by atoms with Gasteiger partial charge < -0.3 is 10.2 Å². The number of aliphatic hydroxyl groups is 1. The Morgan fingerprint density at radius 3 is 2.20 bits per heavy atom. The summed E-state index contributed by atoms with van der Waals surface area (Å²) < 4.78 is 0. The Morgan fingerprint density at radius 1 is 1.20 bits per heavy atom. The van der Waals surface area contributed by atoms with Crippen LogP contribution in [0.1, 0.15) is 57.8 Å². The molecule has 0 heterocycles. The van der Waals surface area contributed by atoms with Gasteiger partial charge in [-0.15, -0.1) is 0 Å². The average molecular weight is 278 g/mol. The molecule has 0 spiro atoms. The first kappa shape index (κ1) is 16.7. The molecular formula is C17H26O3. The van der Waals surface area contributed by atoms with Gasteiger partial charge >= 0.3 is 5.97 Å². The van der Waals surface area contributed by atoms with Crippen LogP contribution in [0.25, 0.3) is 0 Å². The molecule has 0 amide bonds. The molecule has 0 radical (unpaired) electrons. The number of rotatable bonds is 7. The molecule has 1 atom stereocenters. The molecule has 2 N–H and O–H groups in total. The minimum Gasteiger partial charge on any atom is -0.481 e. The van der Waals surface area contributed by atoms with Gasteiger partial charge in [0, 0.05) is 0 Å². The highest BCUT2D eigenvalue weighted by Crippen LogP contribution is 2.33. The molecule has 0 aromatic heterocycles. The molecule has 0 aliphatic heterocycles. The van der Waals surface area contributed by atoms with Crippen LogP contribution in [-0.2, 0) is 11.2 Å². The van der Waals surface area contributed by atoms with Crippen molar-refractivity contribution in [3.8, 4) is 0 Å². The fourth-order valence-corrected chi connectivity index (χ4v) is 2.47. The van der Waals surface area contributed by atoms with Gasteiger partial charge in [-0.3, -0.25) is 4.79 Å². The first-order valence-electron chi connectivity index (χ1n) is 7.18. The summed E-state index contributed by atoms with van der Waals surface area (Å²) in [4.78, 5) is 10.8. The highest BCUT2D eigenvalue weighted by molar-refractivity contribution is 5.67. The molecule has 1 aromatic carbocycles. The van der Waals surface area contributed by atoms with Crippen molar-refractivity contribution in [3.63, 3.8) is 0 Å². The van der Waals surface area contributed by atoms with Gasteiger partial charge in [-0.25, -0.2) is 0 Å². The van der Waals surface area contributed by atoms with E-state index >= 15 is 0 Å². The standard InChI is InChI=1S/C17H26O3/c1-12(2)9-13-5-7-14(8-6-13)15(18)10-17(3,4)11-16(19)20/h5-8,12,15,18H,9-11H2,1-4H3,(H,19,20). The molecule has 1 rings (SSSR count). The molecule has 112 valence electrons. The number of aliphatic hydroxyl groups excluding tert-OH is 1. The fraction of sp³-hybridized carbons (Fsp3) is 0.588. The Hall–Kier alpha value is -1.35. The summed E-state index contributed by atoms with van der Waals surface area (Å²) in [6, 6.07) is 7.98. The number of carbonyl (C=O) groups is 1. The lowest BCUT2D eigenvalue weighted by Crippen LogP contribution is -2.20. The van der Waals surface area contributed by atoms with E-state index in [1.54, 1.807) is 0 Å². The van der Waals surface area contributed by atoms with E-state index in [9.17, 15) is 9.90 Å². The van der Waals surface area contributed by atoms with E-state index < -0.39 is 17.5 Å². The third kappa shape index (κ3) is 5.74. The second kappa shape index (κ2) is 6.89. The molecule has 0 aliphatic rings. The minimum absolute atomic E-state index is 0.0650. The SMILES string of the molecule is CC(C)Cc1ccc(C(O)CC(C)(C)CC(=O)O)cc1. The quantitative estimate of drug-likeness (QED) is 0.797. The predicted molar refractivity (Wildman–Crippen MR) is 80.6 cm³/mol. The maximum Gasteiger partial charge on any atom is 0.303 e. The normalized spacial score (nSPS) is 13.5. The number of aliphatic carboxylic acids is 1. The van der Waals surface area contributed by atoms with Crippen molar-refractivity contribution >= 4 is 5.97 Å². The fourth-order valence-electron chi connectivity index (χ4n) is 2.47. The van der Waals surface area contributed by atoms with Gasteiger partial charge in [0.15, 0.2) is 0 Å². The number of carboxylic acid groups (broad SMARTS) is 1. The molecule has 3 nitrogen and oxygen atoms in total. The van der Waals surface area contributed by atoms with Crippen molar-refractivity contribution in [3.05, 3.63) is 35.4 Å². The van der Waals surface area contributed by atoms with Gasteiger partial charge in [-0.2, -0.15) is 0 Å². The zero-order chi connectivity index (χ0) is 15.3. The van der Waals surface area contributed by atoms with E-state index in [-0.39, 0.29) is 6.42 Å². The van der Waals surface area contributed by atoms with Crippen molar-refractivity contribution in [2.24, 2.45) is 11.3 Å². The van der Waals surface area contributed by atoms with Crippen LogP contribution in [0, 0.1) is 11.3 Å². The van der Waals surface area contributed by atoms with E-state index in [2.05, 4.69) is 13.8 Å². The largest absolute Gasteiger partial charge is 0.481 e. The second-order valence-corrected chi connectivity index (χ2v) is 6.79. The molecule has 0 saturated carbocycles. The smallest absolute Gasteiger partial charge is 0.303 e. The third-order valence-electron chi connectivity index (χ3n) is 3.38. The van der Waals surface area contributed by atoms with E-state index in [0.29, 0.717) is 12.3 Å². The lowest BCUT2D eigenvalue weighted by atomic mass is 9.82. The maximum absolute atomic E-state index is 10.8. The van der Waals surface area contributed by atoms with E-state index in [1.165, 1.54) is 5.56 Å². The Bertz CT molecular complexity index is 432. The monoisotopic (exact) mass is 278 g/mol. The molecule has 20 heavy (non-hydrogen) atoms. The summed E-state index contributed by atoms with van der Waals surface area (Å²) >= 11 is 0. The van der Waals surface area contributed by atoms with Crippen LogP contribution in [0.3, 0.4) is 0 Å². The van der Waals surface area contributed by atoms with Gasteiger partial charge in [0.1, 0.15) is 0 Å². The van der Waals surface area contributed by atoms with Crippen LogP contribution >= 0.6 is 0 Å². The third-order valence-corrected chi connectivity index (χ3v) is 3.38. The minimum atomic E-state index is -0.825. The Kier molecular flexibility index (Phi) is 5.75. The number of benzene rings is 1.